The van der Waals surface area contributed by atoms with Crippen molar-refractivity contribution in [2.45, 2.75) is 26.8 Å². The third-order valence-electron chi connectivity index (χ3n) is 4.94. The minimum absolute atomic E-state index is 0.000473. The Kier molecular flexibility index (Phi) is 5.21. The molecule has 136 valence electrons. The largest absolute Gasteiger partial charge is 0.375 e. The minimum atomic E-state index is -0.0670. The number of aromatic amines is 1. The van der Waals surface area contributed by atoms with Crippen LogP contribution in [0.15, 0.2) is 4.79 Å². The number of aromatic nitrogens is 2. The number of methoxy groups -OCH3 is 1. The molecule has 2 aromatic heterocycles. The average Bonchev–Trinajstić information content (AvgIpc) is 2.89. The molecular weight excluding hydrogens is 340 g/mol. The van der Waals surface area contributed by atoms with Gasteiger partial charge in [0, 0.05) is 38.2 Å². The highest BCUT2D eigenvalue weighted by atomic mass is 32.1. The second-order valence-corrected chi connectivity index (χ2v) is 7.64. The van der Waals surface area contributed by atoms with E-state index in [0.717, 1.165) is 28.4 Å². The van der Waals surface area contributed by atoms with Crippen LogP contribution in [0.25, 0.3) is 10.2 Å². The number of hydrogen-bond acceptors (Lipinski definition) is 6. The first kappa shape index (κ1) is 18.0. The smallest absolute Gasteiger partial charge is 0.259 e. The van der Waals surface area contributed by atoms with E-state index in [1.54, 1.807) is 11.3 Å². The molecule has 3 rings (SSSR count). The molecule has 3 heterocycles. The maximum atomic E-state index is 12.5. The lowest BCUT2D eigenvalue weighted by atomic mass is 10.2. The molecule has 0 aliphatic carbocycles. The van der Waals surface area contributed by atoms with Crippen molar-refractivity contribution in [3.05, 3.63) is 26.6 Å². The van der Waals surface area contributed by atoms with E-state index >= 15 is 0 Å². The Bertz CT molecular complexity index is 836. The van der Waals surface area contributed by atoms with E-state index < -0.39 is 0 Å². The van der Waals surface area contributed by atoms with Crippen molar-refractivity contribution in [1.29, 1.82) is 0 Å². The van der Waals surface area contributed by atoms with Crippen LogP contribution in [0, 0.1) is 13.8 Å². The lowest BCUT2D eigenvalue weighted by Crippen LogP contribution is -2.50. The molecule has 8 heteroatoms. The molecule has 0 spiro atoms. The Hall–Kier alpha value is -1.77. The van der Waals surface area contributed by atoms with Crippen molar-refractivity contribution in [2.75, 3.05) is 39.9 Å². The molecule has 2 aromatic rings. The van der Waals surface area contributed by atoms with Crippen LogP contribution < -0.4 is 5.56 Å². The number of fused-ring (bicyclic) bond motifs is 1. The Labute approximate surface area is 150 Å². The van der Waals surface area contributed by atoms with E-state index in [1.165, 1.54) is 7.11 Å². The van der Waals surface area contributed by atoms with Crippen LogP contribution in [0.3, 0.4) is 0 Å². The first-order valence-corrected chi connectivity index (χ1v) is 9.24. The van der Waals surface area contributed by atoms with E-state index in [4.69, 9.17) is 9.72 Å². The van der Waals surface area contributed by atoms with E-state index in [0.29, 0.717) is 24.3 Å². The zero-order chi connectivity index (χ0) is 18.1. The molecule has 0 aromatic carbocycles. The number of piperazine rings is 1. The summed E-state index contributed by atoms with van der Waals surface area (Å²) in [7, 11) is 1.53. The number of ether oxygens (including phenoxy) is 1. The normalized spacial score (nSPS) is 17.2. The van der Waals surface area contributed by atoms with Gasteiger partial charge in [0.15, 0.2) is 0 Å². The highest BCUT2D eigenvalue weighted by Gasteiger charge is 2.26. The van der Waals surface area contributed by atoms with Crippen LogP contribution in [-0.2, 0) is 9.53 Å². The van der Waals surface area contributed by atoms with Gasteiger partial charge in [0.2, 0.25) is 5.91 Å². The number of rotatable bonds is 4. The summed E-state index contributed by atoms with van der Waals surface area (Å²) in [5.74, 6) is 0.711. The Morgan fingerprint density at radius 3 is 2.64 bits per heavy atom. The van der Waals surface area contributed by atoms with Gasteiger partial charge < -0.3 is 14.6 Å². The zero-order valence-electron chi connectivity index (χ0n) is 15.1. The fourth-order valence-electron chi connectivity index (χ4n) is 3.22. The Morgan fingerprint density at radius 2 is 2.00 bits per heavy atom. The quantitative estimate of drug-likeness (QED) is 0.888. The van der Waals surface area contributed by atoms with Crippen LogP contribution >= 0.6 is 11.3 Å². The number of carbonyl (C=O) groups excluding carboxylic acids is 1. The second-order valence-electron chi connectivity index (χ2n) is 6.44. The molecule has 1 aliphatic rings. The maximum Gasteiger partial charge on any atom is 0.259 e. The molecule has 0 saturated carbocycles. The highest BCUT2D eigenvalue weighted by Crippen LogP contribution is 2.27. The molecule has 0 radical (unpaired) electrons. The summed E-state index contributed by atoms with van der Waals surface area (Å²) >= 11 is 1.56. The number of amides is 1. The van der Waals surface area contributed by atoms with Gasteiger partial charge in [-0.2, -0.15) is 0 Å². The van der Waals surface area contributed by atoms with Gasteiger partial charge in [0.05, 0.1) is 11.4 Å². The van der Waals surface area contributed by atoms with Gasteiger partial charge in [-0.25, -0.2) is 4.98 Å². The molecule has 1 aliphatic heterocycles. The van der Waals surface area contributed by atoms with E-state index in [9.17, 15) is 9.59 Å². The van der Waals surface area contributed by atoms with Gasteiger partial charge >= 0.3 is 0 Å². The van der Waals surface area contributed by atoms with Gasteiger partial charge in [0.25, 0.3) is 5.56 Å². The van der Waals surface area contributed by atoms with Crippen molar-refractivity contribution in [2.24, 2.45) is 0 Å². The van der Waals surface area contributed by atoms with Crippen LogP contribution in [0.5, 0.6) is 0 Å². The van der Waals surface area contributed by atoms with Gasteiger partial charge in [-0.15, -0.1) is 11.3 Å². The molecule has 0 bridgehead atoms. The summed E-state index contributed by atoms with van der Waals surface area (Å²) < 4.78 is 4.91. The standard InChI is InChI=1S/C17H24N4O3S/c1-10-12(3)25-17-14(10)16(23)18-15(19-17)11(2)20-5-7-21(8-6-20)13(22)9-24-4/h11H,5-9H2,1-4H3,(H,18,19,23). The number of aryl methyl sites for hydroxylation is 2. The molecule has 25 heavy (non-hydrogen) atoms. The van der Waals surface area contributed by atoms with Gasteiger partial charge in [-0.3, -0.25) is 14.5 Å². The molecule has 1 fully saturated rings. The summed E-state index contributed by atoms with van der Waals surface area (Å²) in [6.07, 6.45) is 0. The lowest BCUT2D eigenvalue weighted by Gasteiger charge is -2.37. The fraction of sp³-hybridized carbons (Fsp3) is 0.588. The monoisotopic (exact) mass is 364 g/mol. The predicted molar refractivity (Wildman–Crippen MR) is 98.2 cm³/mol. The first-order valence-electron chi connectivity index (χ1n) is 8.43. The van der Waals surface area contributed by atoms with Crippen molar-refractivity contribution < 1.29 is 9.53 Å². The topological polar surface area (TPSA) is 78.5 Å². The number of thiophene rings is 1. The molecule has 1 N–H and O–H groups in total. The fourth-order valence-corrected chi connectivity index (χ4v) is 4.25. The molecule has 1 unspecified atom stereocenters. The third-order valence-corrected chi connectivity index (χ3v) is 6.04. The highest BCUT2D eigenvalue weighted by molar-refractivity contribution is 7.18. The van der Waals surface area contributed by atoms with Gasteiger partial charge in [-0.05, 0) is 26.3 Å². The minimum Gasteiger partial charge on any atom is -0.375 e. The van der Waals surface area contributed by atoms with Crippen LogP contribution in [-0.4, -0.2) is 65.6 Å². The number of nitrogens with zero attached hydrogens (tertiary/aromatic N) is 3. The van der Waals surface area contributed by atoms with E-state index in [-0.39, 0.29) is 24.1 Å². The summed E-state index contributed by atoms with van der Waals surface area (Å²) in [6, 6.07) is -0.000473. The van der Waals surface area contributed by atoms with Crippen LogP contribution in [0.4, 0.5) is 0 Å². The van der Waals surface area contributed by atoms with Gasteiger partial charge in [-0.1, -0.05) is 0 Å². The van der Waals surface area contributed by atoms with Crippen LogP contribution in [0.1, 0.15) is 29.2 Å². The van der Waals surface area contributed by atoms with Crippen molar-refractivity contribution in [3.8, 4) is 0 Å². The summed E-state index contributed by atoms with van der Waals surface area (Å²) in [4.78, 5) is 38.0. The van der Waals surface area contributed by atoms with E-state index in [2.05, 4.69) is 9.88 Å². The van der Waals surface area contributed by atoms with Crippen molar-refractivity contribution >= 4 is 27.5 Å². The first-order chi connectivity index (χ1) is 11.9. The van der Waals surface area contributed by atoms with Crippen molar-refractivity contribution in [1.82, 2.24) is 19.8 Å². The molecule has 1 amide bonds. The average molecular weight is 364 g/mol. The second kappa shape index (κ2) is 7.23. The SMILES string of the molecule is COCC(=O)N1CCN(C(C)c2nc3sc(C)c(C)c3c(=O)[nH]2)CC1. The summed E-state index contributed by atoms with van der Waals surface area (Å²) in [6.45, 7) is 8.97. The Morgan fingerprint density at radius 1 is 1.32 bits per heavy atom. The molecule has 1 saturated heterocycles. The van der Waals surface area contributed by atoms with E-state index in [1.807, 2.05) is 25.7 Å². The molecular formula is C17H24N4O3S. The summed E-state index contributed by atoms with van der Waals surface area (Å²) in [5, 5.41) is 0.702. The third kappa shape index (κ3) is 3.47. The van der Waals surface area contributed by atoms with Gasteiger partial charge in [0.1, 0.15) is 17.3 Å². The van der Waals surface area contributed by atoms with Crippen LogP contribution in [0.2, 0.25) is 0 Å². The molecule has 7 nitrogen and oxygen atoms in total. The predicted octanol–water partition coefficient (Wildman–Crippen LogP) is 1.45. The maximum absolute atomic E-state index is 12.5. The Balaban J connectivity index is 1.76. The number of H-pyrrole nitrogens is 1. The number of nitrogens with one attached hydrogen (secondary N) is 1. The lowest BCUT2D eigenvalue weighted by molar-refractivity contribution is -0.137. The number of carbonyl (C=O) groups is 1. The summed E-state index contributed by atoms with van der Waals surface area (Å²) in [5.41, 5.74) is 0.945. The zero-order valence-corrected chi connectivity index (χ0v) is 15.9. The van der Waals surface area contributed by atoms with Crippen molar-refractivity contribution in [3.63, 3.8) is 0 Å². The molecule has 1 atom stereocenters. The number of hydrogen-bond donors (Lipinski definition) is 1.